The molecule has 1 rings (SSSR count). The van der Waals surface area contributed by atoms with E-state index in [0.717, 1.165) is 0 Å². The first-order valence-electron chi connectivity index (χ1n) is 7.68. The third kappa shape index (κ3) is 4.78. The van der Waals surface area contributed by atoms with Crippen LogP contribution >= 0.6 is 0 Å². The van der Waals surface area contributed by atoms with Gasteiger partial charge in [-0.25, -0.2) is 4.79 Å². The van der Waals surface area contributed by atoms with Crippen LogP contribution in [-0.2, 0) is 16.0 Å². The zero-order valence-electron chi connectivity index (χ0n) is 14.7. The molecule has 0 spiro atoms. The fraction of sp³-hybridized carbons (Fsp3) is 0.529. The van der Waals surface area contributed by atoms with Crippen LogP contribution in [-0.4, -0.2) is 44.4 Å². The molecule has 1 amide bonds. The Balaban J connectivity index is 2.95. The molecule has 0 heterocycles. The summed E-state index contributed by atoms with van der Waals surface area (Å²) in [5.41, 5.74) is 0.635. The molecule has 0 saturated heterocycles. The zero-order chi connectivity index (χ0) is 18.3. The van der Waals surface area contributed by atoms with Gasteiger partial charge < -0.3 is 24.6 Å². The highest BCUT2D eigenvalue weighted by Gasteiger charge is 2.25. The van der Waals surface area contributed by atoms with Crippen molar-refractivity contribution in [2.75, 3.05) is 21.3 Å². The lowest BCUT2D eigenvalue weighted by atomic mass is 9.99. The highest BCUT2D eigenvalue weighted by atomic mass is 16.5. The van der Waals surface area contributed by atoms with E-state index >= 15 is 0 Å². The standard InChI is InChI=1S/C17H25NO6/c1-6-10(2)15(17(20)21)18-14(19)9-11-7-12(22-3)16(24-5)13(8-11)23-4/h7-8,10,15H,6,9H2,1-5H3,(H,18,19)(H,20,21)/t10-,15-/m0/s1. The van der Waals surface area contributed by atoms with Crippen LogP contribution in [0, 0.1) is 5.92 Å². The van der Waals surface area contributed by atoms with E-state index in [2.05, 4.69) is 5.32 Å². The number of aliphatic carboxylic acids is 1. The first-order chi connectivity index (χ1) is 11.4. The number of hydrogen-bond donors (Lipinski definition) is 2. The van der Waals surface area contributed by atoms with E-state index in [9.17, 15) is 14.7 Å². The van der Waals surface area contributed by atoms with Crippen LogP contribution in [0.15, 0.2) is 12.1 Å². The monoisotopic (exact) mass is 339 g/mol. The van der Waals surface area contributed by atoms with Crippen molar-refractivity contribution < 1.29 is 28.9 Å². The van der Waals surface area contributed by atoms with Crippen molar-refractivity contribution in [3.8, 4) is 17.2 Å². The van der Waals surface area contributed by atoms with Crippen molar-refractivity contribution in [3.05, 3.63) is 17.7 Å². The second-order valence-electron chi connectivity index (χ2n) is 5.48. The Morgan fingerprint density at radius 3 is 2.04 bits per heavy atom. The molecule has 0 aliphatic rings. The van der Waals surface area contributed by atoms with Crippen molar-refractivity contribution >= 4 is 11.9 Å². The minimum absolute atomic E-state index is 0.0108. The maximum Gasteiger partial charge on any atom is 0.326 e. The Labute approximate surface area is 141 Å². The molecular formula is C17H25NO6. The van der Waals surface area contributed by atoms with Gasteiger partial charge in [0.05, 0.1) is 27.8 Å². The summed E-state index contributed by atoms with van der Waals surface area (Å²) >= 11 is 0. The van der Waals surface area contributed by atoms with E-state index in [4.69, 9.17) is 14.2 Å². The van der Waals surface area contributed by atoms with E-state index in [1.807, 2.05) is 6.92 Å². The third-order valence-electron chi connectivity index (χ3n) is 3.88. The third-order valence-corrected chi connectivity index (χ3v) is 3.88. The molecule has 0 aliphatic heterocycles. The predicted octanol–water partition coefficient (Wildman–Crippen LogP) is 1.87. The second kappa shape index (κ2) is 9.00. The molecule has 7 nitrogen and oxygen atoms in total. The fourth-order valence-corrected chi connectivity index (χ4v) is 2.33. The molecule has 0 saturated carbocycles. The lowest BCUT2D eigenvalue weighted by molar-refractivity contribution is -0.143. The van der Waals surface area contributed by atoms with E-state index < -0.39 is 12.0 Å². The number of carboxylic acids is 1. The van der Waals surface area contributed by atoms with Gasteiger partial charge >= 0.3 is 5.97 Å². The molecule has 0 unspecified atom stereocenters. The minimum Gasteiger partial charge on any atom is -0.493 e. The molecule has 2 N–H and O–H groups in total. The fourth-order valence-electron chi connectivity index (χ4n) is 2.33. The number of carbonyl (C=O) groups excluding carboxylic acids is 1. The van der Waals surface area contributed by atoms with Crippen LogP contribution in [0.25, 0.3) is 0 Å². The summed E-state index contributed by atoms with van der Waals surface area (Å²) in [7, 11) is 4.48. The van der Waals surface area contributed by atoms with E-state index in [0.29, 0.717) is 29.2 Å². The van der Waals surface area contributed by atoms with Gasteiger partial charge in [-0.3, -0.25) is 4.79 Å². The molecule has 134 valence electrons. The number of hydrogen-bond acceptors (Lipinski definition) is 5. The molecule has 1 aromatic carbocycles. The Morgan fingerprint density at radius 1 is 1.12 bits per heavy atom. The van der Waals surface area contributed by atoms with Crippen LogP contribution in [0.5, 0.6) is 17.2 Å². The summed E-state index contributed by atoms with van der Waals surface area (Å²) in [6, 6.07) is 2.42. The molecule has 1 aromatic rings. The minimum atomic E-state index is -1.04. The number of amides is 1. The zero-order valence-corrected chi connectivity index (χ0v) is 14.7. The lowest BCUT2D eigenvalue weighted by Crippen LogP contribution is -2.45. The summed E-state index contributed by atoms with van der Waals surface area (Å²) in [6.07, 6.45) is 0.665. The molecule has 0 aliphatic carbocycles. The van der Waals surface area contributed by atoms with Gasteiger partial charge in [-0.2, -0.15) is 0 Å². The number of carboxylic acid groups (broad SMARTS) is 1. The summed E-state index contributed by atoms with van der Waals surface area (Å²) in [4.78, 5) is 23.5. The molecule has 0 bridgehead atoms. The van der Waals surface area contributed by atoms with Gasteiger partial charge in [-0.1, -0.05) is 20.3 Å². The Bertz CT molecular complexity index is 561. The Morgan fingerprint density at radius 2 is 1.67 bits per heavy atom. The number of benzene rings is 1. The number of ether oxygens (including phenoxy) is 3. The lowest BCUT2D eigenvalue weighted by Gasteiger charge is -2.20. The molecular weight excluding hydrogens is 314 g/mol. The van der Waals surface area contributed by atoms with Gasteiger partial charge in [-0.05, 0) is 23.6 Å². The van der Waals surface area contributed by atoms with Crippen molar-refractivity contribution in [3.63, 3.8) is 0 Å². The Kier molecular flexibility index (Phi) is 7.35. The van der Waals surface area contributed by atoms with Gasteiger partial charge in [0.15, 0.2) is 11.5 Å². The number of rotatable bonds is 9. The topological polar surface area (TPSA) is 94.1 Å². The molecule has 7 heteroatoms. The van der Waals surface area contributed by atoms with E-state index in [1.54, 1.807) is 19.1 Å². The molecule has 0 aromatic heterocycles. The van der Waals surface area contributed by atoms with Gasteiger partial charge in [0.2, 0.25) is 11.7 Å². The first-order valence-corrected chi connectivity index (χ1v) is 7.68. The average Bonchev–Trinajstić information content (AvgIpc) is 2.57. The largest absolute Gasteiger partial charge is 0.493 e. The average molecular weight is 339 g/mol. The van der Waals surface area contributed by atoms with Gasteiger partial charge in [0.1, 0.15) is 6.04 Å². The summed E-state index contributed by atoms with van der Waals surface area (Å²) in [6.45, 7) is 3.67. The van der Waals surface area contributed by atoms with Crippen molar-refractivity contribution in [2.45, 2.75) is 32.7 Å². The van der Waals surface area contributed by atoms with E-state index in [1.165, 1.54) is 21.3 Å². The summed E-state index contributed by atoms with van der Waals surface area (Å²) in [5.74, 6) is -0.258. The second-order valence-corrected chi connectivity index (χ2v) is 5.48. The van der Waals surface area contributed by atoms with Crippen LogP contribution in [0.1, 0.15) is 25.8 Å². The van der Waals surface area contributed by atoms with E-state index in [-0.39, 0.29) is 18.2 Å². The smallest absolute Gasteiger partial charge is 0.326 e. The molecule has 2 atom stereocenters. The van der Waals surface area contributed by atoms with Crippen molar-refractivity contribution in [2.24, 2.45) is 5.92 Å². The van der Waals surface area contributed by atoms with Crippen LogP contribution in [0.4, 0.5) is 0 Å². The summed E-state index contributed by atoms with van der Waals surface area (Å²) in [5, 5.41) is 11.8. The van der Waals surface area contributed by atoms with Gasteiger partial charge in [-0.15, -0.1) is 0 Å². The highest BCUT2D eigenvalue weighted by molar-refractivity contribution is 5.85. The van der Waals surface area contributed by atoms with Crippen LogP contribution in [0.3, 0.4) is 0 Å². The molecule has 0 radical (unpaired) electrons. The maximum atomic E-state index is 12.2. The molecule has 0 fully saturated rings. The number of nitrogens with one attached hydrogen (secondary N) is 1. The van der Waals surface area contributed by atoms with Crippen molar-refractivity contribution in [1.29, 1.82) is 0 Å². The number of methoxy groups -OCH3 is 3. The quantitative estimate of drug-likeness (QED) is 0.713. The van der Waals surface area contributed by atoms with Crippen molar-refractivity contribution in [1.82, 2.24) is 5.32 Å². The highest BCUT2D eigenvalue weighted by Crippen LogP contribution is 2.38. The van der Waals surface area contributed by atoms with Crippen LogP contribution < -0.4 is 19.5 Å². The Hall–Kier alpha value is -2.44. The van der Waals surface area contributed by atoms with Crippen LogP contribution in [0.2, 0.25) is 0 Å². The number of carbonyl (C=O) groups is 2. The van der Waals surface area contributed by atoms with Gasteiger partial charge in [0, 0.05) is 0 Å². The first kappa shape index (κ1) is 19.6. The SMILES string of the molecule is CC[C@H](C)[C@H](NC(=O)Cc1cc(OC)c(OC)c(OC)c1)C(=O)O. The predicted molar refractivity (Wildman–Crippen MR) is 88.8 cm³/mol. The van der Waals surface area contributed by atoms with Gasteiger partial charge in [0.25, 0.3) is 0 Å². The normalized spacial score (nSPS) is 12.9. The molecule has 24 heavy (non-hydrogen) atoms. The summed E-state index contributed by atoms with van der Waals surface area (Å²) < 4.78 is 15.7. The maximum absolute atomic E-state index is 12.2.